The predicted octanol–water partition coefficient (Wildman–Crippen LogP) is 8.16. The van der Waals surface area contributed by atoms with Crippen LogP contribution >= 0.6 is 0 Å². The summed E-state index contributed by atoms with van der Waals surface area (Å²) in [7, 11) is 1.39. The van der Waals surface area contributed by atoms with E-state index in [1.807, 2.05) is 0 Å². The van der Waals surface area contributed by atoms with Gasteiger partial charge in [0.25, 0.3) is 0 Å². The van der Waals surface area contributed by atoms with E-state index in [1.165, 1.54) is 19.4 Å². The number of carbonyl (C=O) groups excluding carboxylic acids is 1. The van der Waals surface area contributed by atoms with Crippen molar-refractivity contribution in [2.75, 3.05) is 31.8 Å². The number of nitrogens with zero attached hydrogens (tertiary/aromatic N) is 2. The molecule has 4 rings (SSSR count). The van der Waals surface area contributed by atoms with Gasteiger partial charge in [-0.05, 0) is 84.8 Å². The second-order valence-corrected chi connectivity index (χ2v) is 12.1. The molecule has 2 atom stereocenters. The van der Waals surface area contributed by atoms with Crippen molar-refractivity contribution in [2.45, 2.75) is 69.1 Å². The number of aromatic nitrogens is 1. The number of ether oxygens (including phenoxy) is 3. The smallest absolute Gasteiger partial charge is 0.416 e. The minimum atomic E-state index is -5.15. The summed E-state index contributed by atoms with van der Waals surface area (Å²) < 4.78 is 141. The maximum absolute atomic E-state index is 14.1. The Morgan fingerprint density at radius 1 is 0.923 bits per heavy atom. The van der Waals surface area contributed by atoms with Gasteiger partial charge in [0.2, 0.25) is 0 Å². The topological polar surface area (TPSA) is 124 Å². The first-order valence-corrected chi connectivity index (χ1v) is 15.8. The molecule has 0 radical (unpaired) electrons. The second kappa shape index (κ2) is 15.6. The van der Waals surface area contributed by atoms with Gasteiger partial charge in [0.15, 0.2) is 0 Å². The lowest BCUT2D eigenvalue weighted by atomic mass is 9.77. The van der Waals surface area contributed by atoms with Gasteiger partial charge in [-0.25, -0.2) is 4.79 Å². The summed E-state index contributed by atoms with van der Waals surface area (Å²) in [5.41, 5.74) is 0.122. The molecule has 18 heteroatoms. The number of aliphatic carboxylic acids is 1. The standard InChI is InChI=1S/C34H34F9N3O6/c1-3-31(44)17-26(25-16-21(32(35,36)37)6-7-27(25)46(31)30(49)52-8-4-5-28(47)48)29-20(14-24(18-45-29)51-10-9-50-2)11-19-12-22(33(38,39)40)15-23(13-19)34(41,42)43/h6-7,12-16,18,26H,3-5,8-11,17,44H2,1-2H3,(H,47,48)/t26-,31+/m0/s1. The fourth-order valence-electron chi connectivity index (χ4n) is 5.90. The maximum atomic E-state index is 14.1. The highest BCUT2D eigenvalue weighted by Gasteiger charge is 2.47. The molecule has 0 saturated heterocycles. The summed E-state index contributed by atoms with van der Waals surface area (Å²) in [6.45, 7) is 1.31. The number of methoxy groups -OCH3 is 1. The number of anilines is 1. The number of halogens is 9. The zero-order valence-corrected chi connectivity index (χ0v) is 27.7. The molecule has 0 spiro atoms. The maximum Gasteiger partial charge on any atom is 0.416 e. The Labute approximate surface area is 291 Å². The van der Waals surface area contributed by atoms with Crippen molar-refractivity contribution in [3.63, 3.8) is 0 Å². The highest BCUT2D eigenvalue weighted by Crippen LogP contribution is 2.49. The minimum absolute atomic E-state index is 0.00962. The first kappa shape index (κ1) is 40.2. The Kier molecular flexibility index (Phi) is 12.0. The number of alkyl halides is 9. The summed E-state index contributed by atoms with van der Waals surface area (Å²) in [4.78, 5) is 29.7. The van der Waals surface area contributed by atoms with E-state index < -0.39 is 70.8 Å². The van der Waals surface area contributed by atoms with Crippen LogP contribution in [0.1, 0.15) is 77.6 Å². The van der Waals surface area contributed by atoms with Crippen LogP contribution in [0.25, 0.3) is 0 Å². The molecule has 0 bridgehead atoms. The number of benzene rings is 2. The Morgan fingerprint density at radius 3 is 2.12 bits per heavy atom. The van der Waals surface area contributed by atoms with Gasteiger partial charge < -0.3 is 25.1 Å². The second-order valence-electron chi connectivity index (χ2n) is 12.1. The molecule has 1 amide bonds. The van der Waals surface area contributed by atoms with Crippen molar-refractivity contribution in [2.24, 2.45) is 5.73 Å². The highest BCUT2D eigenvalue weighted by atomic mass is 19.4. The summed E-state index contributed by atoms with van der Waals surface area (Å²) in [5, 5.41) is 8.91. The largest absolute Gasteiger partial charge is 0.490 e. The van der Waals surface area contributed by atoms with Gasteiger partial charge in [0, 0.05) is 19.4 Å². The molecule has 9 nitrogen and oxygen atoms in total. The fraction of sp³-hybridized carbons (Fsp3) is 0.441. The van der Waals surface area contributed by atoms with Gasteiger partial charge in [-0.2, -0.15) is 39.5 Å². The number of hydrogen-bond acceptors (Lipinski definition) is 7. The van der Waals surface area contributed by atoms with Crippen LogP contribution in [0.2, 0.25) is 0 Å². The number of amides is 1. The van der Waals surface area contributed by atoms with Crippen LogP contribution in [0.15, 0.2) is 48.7 Å². The number of hydrogen-bond donors (Lipinski definition) is 2. The Hall–Kier alpha value is -4.58. The lowest BCUT2D eigenvalue weighted by Gasteiger charge is -2.47. The number of pyridine rings is 1. The van der Waals surface area contributed by atoms with Gasteiger partial charge in [-0.3, -0.25) is 14.7 Å². The van der Waals surface area contributed by atoms with Gasteiger partial charge in [-0.15, -0.1) is 0 Å². The summed E-state index contributed by atoms with van der Waals surface area (Å²) in [6, 6.07) is 4.84. The van der Waals surface area contributed by atoms with Crippen LogP contribution in [0.3, 0.4) is 0 Å². The van der Waals surface area contributed by atoms with Crippen LogP contribution in [-0.4, -0.2) is 54.7 Å². The molecule has 0 saturated carbocycles. The molecule has 1 aliphatic heterocycles. The van der Waals surface area contributed by atoms with E-state index in [0.717, 1.165) is 17.0 Å². The molecule has 2 aromatic carbocycles. The quantitative estimate of drug-likeness (QED) is 0.140. The van der Waals surface area contributed by atoms with Crippen molar-refractivity contribution in [1.29, 1.82) is 0 Å². The first-order valence-electron chi connectivity index (χ1n) is 15.8. The summed E-state index contributed by atoms with van der Waals surface area (Å²) >= 11 is 0. The molecule has 1 aromatic heterocycles. The lowest BCUT2D eigenvalue weighted by molar-refractivity contribution is -0.143. The van der Waals surface area contributed by atoms with E-state index in [0.29, 0.717) is 18.2 Å². The average Bonchev–Trinajstić information content (AvgIpc) is 3.05. The normalized spacial score (nSPS) is 17.8. The van der Waals surface area contributed by atoms with Gasteiger partial charge in [0.05, 0.1) is 47.5 Å². The lowest BCUT2D eigenvalue weighted by Crippen LogP contribution is -2.61. The van der Waals surface area contributed by atoms with Crippen LogP contribution in [-0.2, 0) is 39.2 Å². The van der Waals surface area contributed by atoms with Crippen molar-refractivity contribution in [3.05, 3.63) is 87.7 Å². The number of rotatable bonds is 12. The molecule has 0 unspecified atom stereocenters. The number of fused-ring (bicyclic) bond motifs is 1. The van der Waals surface area contributed by atoms with Crippen LogP contribution in [0, 0.1) is 0 Å². The molecule has 52 heavy (non-hydrogen) atoms. The summed E-state index contributed by atoms with van der Waals surface area (Å²) in [6.07, 6.45) is -16.4. The monoisotopic (exact) mass is 751 g/mol. The SMILES string of the molecule is CC[C@]1(N)C[C@H](c2ncc(OCCOC)cc2Cc2cc(C(F)(F)F)cc(C(F)(F)F)c2)c2cc(C(F)(F)F)ccc2N1C(=O)OCCCC(=O)O. The van der Waals surface area contributed by atoms with E-state index in [4.69, 9.17) is 25.1 Å². The number of carboxylic acid groups (broad SMARTS) is 1. The van der Waals surface area contributed by atoms with Crippen LogP contribution < -0.4 is 15.4 Å². The van der Waals surface area contributed by atoms with Crippen molar-refractivity contribution >= 4 is 17.7 Å². The Morgan fingerprint density at radius 2 is 1.56 bits per heavy atom. The molecule has 0 fully saturated rings. The Balaban J connectivity index is 1.92. The van der Waals surface area contributed by atoms with Crippen molar-refractivity contribution in [3.8, 4) is 5.75 Å². The van der Waals surface area contributed by atoms with E-state index in [2.05, 4.69) is 4.98 Å². The van der Waals surface area contributed by atoms with E-state index in [-0.39, 0.29) is 79.8 Å². The molecule has 3 aromatic rings. The molecule has 1 aliphatic rings. The van der Waals surface area contributed by atoms with Gasteiger partial charge in [-0.1, -0.05) is 6.92 Å². The third-order valence-electron chi connectivity index (χ3n) is 8.43. The first-order chi connectivity index (χ1) is 24.2. The van der Waals surface area contributed by atoms with E-state index in [9.17, 15) is 49.1 Å². The molecular weight excluding hydrogens is 717 g/mol. The van der Waals surface area contributed by atoms with E-state index >= 15 is 0 Å². The third-order valence-corrected chi connectivity index (χ3v) is 8.43. The number of nitrogens with two attached hydrogens (primary N) is 1. The average molecular weight is 752 g/mol. The highest BCUT2D eigenvalue weighted by molar-refractivity contribution is 5.91. The molecule has 2 heterocycles. The van der Waals surface area contributed by atoms with Crippen molar-refractivity contribution in [1.82, 2.24) is 4.98 Å². The van der Waals surface area contributed by atoms with Crippen LogP contribution in [0.4, 0.5) is 50.0 Å². The summed E-state index contributed by atoms with van der Waals surface area (Å²) in [5.74, 6) is -2.30. The molecule has 0 aliphatic carbocycles. The van der Waals surface area contributed by atoms with Crippen LogP contribution in [0.5, 0.6) is 5.75 Å². The molecule has 284 valence electrons. The Bertz CT molecular complexity index is 1730. The molecule has 3 N–H and O–H groups in total. The number of carboxylic acids is 1. The zero-order chi connectivity index (χ0) is 38.6. The third kappa shape index (κ3) is 9.44. The van der Waals surface area contributed by atoms with Gasteiger partial charge >= 0.3 is 30.6 Å². The minimum Gasteiger partial charge on any atom is -0.490 e. The van der Waals surface area contributed by atoms with Gasteiger partial charge in [0.1, 0.15) is 18.0 Å². The predicted molar refractivity (Wildman–Crippen MR) is 167 cm³/mol. The molecular formula is C34H34F9N3O6. The fourth-order valence-corrected chi connectivity index (χ4v) is 5.90. The van der Waals surface area contributed by atoms with E-state index in [1.54, 1.807) is 6.92 Å². The number of carbonyl (C=O) groups is 2. The zero-order valence-electron chi connectivity index (χ0n) is 27.7. The van der Waals surface area contributed by atoms with Crippen molar-refractivity contribution < 1.29 is 68.4 Å².